The molecule has 1 N–H and O–H groups in total. The highest BCUT2D eigenvalue weighted by atomic mass is 16.3. The third-order valence-electron chi connectivity index (χ3n) is 3.43. The average molecular weight is 190 g/mol. The van der Waals surface area contributed by atoms with Gasteiger partial charge in [-0.1, -0.05) is 37.3 Å². The van der Waals surface area contributed by atoms with E-state index < -0.39 is 0 Å². The van der Waals surface area contributed by atoms with Crippen LogP contribution >= 0.6 is 0 Å². The zero-order chi connectivity index (χ0) is 10.2. The normalized spacial score (nSPS) is 31.3. The Labute approximate surface area is 83.6 Å². The standard InChI is InChI=1S/C12H14O2/c1-9-11(14)7-12(9,8-13)10-5-3-2-4-6-10/h2-6,9,13H,7-8H2,1H3/t9-,12+/m0/s1. The van der Waals surface area contributed by atoms with Gasteiger partial charge in [-0.2, -0.15) is 0 Å². The minimum absolute atomic E-state index is 0.0464. The third-order valence-corrected chi connectivity index (χ3v) is 3.43. The summed E-state index contributed by atoms with van der Waals surface area (Å²) < 4.78 is 0. The summed E-state index contributed by atoms with van der Waals surface area (Å²) in [5, 5.41) is 9.43. The Kier molecular flexibility index (Phi) is 2.16. The molecule has 1 aliphatic rings. The molecule has 0 saturated heterocycles. The van der Waals surface area contributed by atoms with Crippen molar-refractivity contribution >= 4 is 5.78 Å². The molecule has 2 heteroatoms. The minimum Gasteiger partial charge on any atom is -0.395 e. The van der Waals surface area contributed by atoms with E-state index in [1.807, 2.05) is 37.3 Å². The molecule has 1 aliphatic carbocycles. The molecule has 2 rings (SSSR count). The van der Waals surface area contributed by atoms with Gasteiger partial charge in [0.05, 0.1) is 6.61 Å². The van der Waals surface area contributed by atoms with Crippen molar-refractivity contribution < 1.29 is 9.90 Å². The first kappa shape index (κ1) is 9.41. The molecule has 14 heavy (non-hydrogen) atoms. The lowest BCUT2D eigenvalue weighted by Crippen LogP contribution is -2.53. The summed E-state index contributed by atoms with van der Waals surface area (Å²) in [5.74, 6) is 0.206. The molecule has 0 unspecified atom stereocenters. The number of aliphatic hydroxyl groups is 1. The fraction of sp³-hybridized carbons (Fsp3) is 0.417. The van der Waals surface area contributed by atoms with E-state index in [-0.39, 0.29) is 23.7 Å². The molecule has 0 bridgehead atoms. The van der Waals surface area contributed by atoms with Crippen molar-refractivity contribution in [1.29, 1.82) is 0 Å². The molecule has 0 aliphatic heterocycles. The van der Waals surface area contributed by atoms with Gasteiger partial charge in [0.25, 0.3) is 0 Å². The molecule has 0 radical (unpaired) electrons. The van der Waals surface area contributed by atoms with E-state index in [2.05, 4.69) is 0 Å². The molecule has 1 saturated carbocycles. The monoisotopic (exact) mass is 190 g/mol. The molecule has 0 aromatic heterocycles. The Morgan fingerprint density at radius 1 is 1.43 bits per heavy atom. The Morgan fingerprint density at radius 3 is 2.50 bits per heavy atom. The van der Waals surface area contributed by atoms with Gasteiger partial charge in [0.15, 0.2) is 0 Å². The van der Waals surface area contributed by atoms with Crippen LogP contribution in [0.2, 0.25) is 0 Å². The molecule has 1 aromatic carbocycles. The smallest absolute Gasteiger partial charge is 0.137 e. The molecular weight excluding hydrogens is 176 g/mol. The number of carbonyl (C=O) groups is 1. The second kappa shape index (κ2) is 3.21. The van der Waals surface area contributed by atoms with Gasteiger partial charge in [-0.05, 0) is 5.56 Å². The van der Waals surface area contributed by atoms with Crippen LogP contribution < -0.4 is 0 Å². The maximum absolute atomic E-state index is 11.3. The Bertz CT molecular complexity index is 345. The van der Waals surface area contributed by atoms with Gasteiger partial charge in [-0.25, -0.2) is 0 Å². The third kappa shape index (κ3) is 1.11. The highest BCUT2D eigenvalue weighted by Crippen LogP contribution is 2.45. The maximum Gasteiger partial charge on any atom is 0.137 e. The zero-order valence-electron chi connectivity index (χ0n) is 8.23. The first-order chi connectivity index (χ1) is 6.70. The van der Waals surface area contributed by atoms with Crippen LogP contribution in [0.25, 0.3) is 0 Å². The summed E-state index contributed by atoms with van der Waals surface area (Å²) >= 11 is 0. The fourth-order valence-corrected chi connectivity index (χ4v) is 2.20. The average Bonchev–Trinajstić information content (AvgIpc) is 2.26. The molecule has 2 atom stereocenters. The number of hydrogen-bond donors (Lipinski definition) is 1. The van der Waals surface area contributed by atoms with Crippen LogP contribution in [0.5, 0.6) is 0 Å². The number of hydrogen-bond acceptors (Lipinski definition) is 2. The van der Waals surface area contributed by atoms with E-state index in [4.69, 9.17) is 0 Å². The van der Waals surface area contributed by atoms with Crippen LogP contribution in [0.1, 0.15) is 18.9 Å². The van der Waals surface area contributed by atoms with Crippen molar-refractivity contribution in [3.8, 4) is 0 Å². The summed E-state index contributed by atoms with van der Waals surface area (Å²) in [4.78, 5) is 11.3. The molecule has 0 spiro atoms. The number of aliphatic hydroxyl groups excluding tert-OH is 1. The highest BCUT2D eigenvalue weighted by molar-refractivity contribution is 5.91. The van der Waals surface area contributed by atoms with E-state index in [9.17, 15) is 9.90 Å². The summed E-state index contributed by atoms with van der Waals surface area (Å²) in [7, 11) is 0. The molecular formula is C12H14O2. The largest absolute Gasteiger partial charge is 0.395 e. The lowest BCUT2D eigenvalue weighted by atomic mass is 9.57. The van der Waals surface area contributed by atoms with Gasteiger partial charge in [0, 0.05) is 17.8 Å². The lowest BCUT2D eigenvalue weighted by molar-refractivity contribution is -0.137. The van der Waals surface area contributed by atoms with Crippen molar-refractivity contribution in [2.75, 3.05) is 6.61 Å². The quantitative estimate of drug-likeness (QED) is 0.767. The number of Topliss-reactive ketones (excluding diaryl/α,β-unsaturated/α-hetero) is 1. The van der Waals surface area contributed by atoms with E-state index in [1.54, 1.807) is 0 Å². The zero-order valence-corrected chi connectivity index (χ0v) is 8.23. The van der Waals surface area contributed by atoms with E-state index >= 15 is 0 Å². The van der Waals surface area contributed by atoms with E-state index in [0.717, 1.165) is 5.56 Å². The van der Waals surface area contributed by atoms with Crippen molar-refractivity contribution in [3.63, 3.8) is 0 Å². The van der Waals surface area contributed by atoms with Crippen molar-refractivity contribution in [2.24, 2.45) is 5.92 Å². The van der Waals surface area contributed by atoms with Gasteiger partial charge in [-0.15, -0.1) is 0 Å². The van der Waals surface area contributed by atoms with Gasteiger partial charge in [0.1, 0.15) is 5.78 Å². The van der Waals surface area contributed by atoms with Gasteiger partial charge in [-0.3, -0.25) is 4.79 Å². The summed E-state index contributed by atoms with van der Waals surface area (Å²) in [5.41, 5.74) is 0.771. The fourth-order valence-electron chi connectivity index (χ4n) is 2.20. The second-order valence-corrected chi connectivity index (χ2v) is 4.05. The van der Waals surface area contributed by atoms with Crippen LogP contribution in [0.4, 0.5) is 0 Å². The summed E-state index contributed by atoms with van der Waals surface area (Å²) in [6.07, 6.45) is 0.481. The van der Waals surface area contributed by atoms with E-state index in [1.165, 1.54) is 0 Å². The SMILES string of the molecule is C[C@H]1C(=O)C[C@]1(CO)c1ccccc1. The van der Waals surface area contributed by atoms with Crippen LogP contribution in [0.3, 0.4) is 0 Å². The highest BCUT2D eigenvalue weighted by Gasteiger charge is 2.51. The minimum atomic E-state index is -0.307. The predicted octanol–water partition coefficient (Wildman–Crippen LogP) is 1.53. The lowest BCUT2D eigenvalue weighted by Gasteiger charge is -2.45. The number of carbonyl (C=O) groups excluding carboxylic acids is 1. The molecule has 1 fully saturated rings. The first-order valence-corrected chi connectivity index (χ1v) is 4.90. The molecule has 0 amide bonds. The van der Waals surface area contributed by atoms with Gasteiger partial charge < -0.3 is 5.11 Å². The van der Waals surface area contributed by atoms with Crippen molar-refractivity contribution in [3.05, 3.63) is 35.9 Å². The van der Waals surface area contributed by atoms with Crippen LogP contribution in [-0.2, 0) is 10.2 Å². The Hall–Kier alpha value is -1.15. The topological polar surface area (TPSA) is 37.3 Å². The van der Waals surface area contributed by atoms with Crippen LogP contribution in [0.15, 0.2) is 30.3 Å². The summed E-state index contributed by atoms with van der Waals surface area (Å²) in [6, 6.07) is 9.81. The molecule has 2 nitrogen and oxygen atoms in total. The Balaban J connectivity index is 2.36. The van der Waals surface area contributed by atoms with Gasteiger partial charge in [0.2, 0.25) is 0 Å². The van der Waals surface area contributed by atoms with Crippen LogP contribution in [0, 0.1) is 5.92 Å². The number of benzene rings is 1. The van der Waals surface area contributed by atoms with Crippen molar-refractivity contribution in [2.45, 2.75) is 18.8 Å². The number of ketones is 1. The summed E-state index contributed by atoms with van der Waals surface area (Å²) in [6.45, 7) is 1.96. The second-order valence-electron chi connectivity index (χ2n) is 4.05. The predicted molar refractivity (Wildman–Crippen MR) is 54.0 cm³/mol. The Morgan fingerprint density at radius 2 is 2.07 bits per heavy atom. The molecule has 74 valence electrons. The molecule has 1 aromatic rings. The number of rotatable bonds is 2. The van der Waals surface area contributed by atoms with Crippen molar-refractivity contribution in [1.82, 2.24) is 0 Å². The van der Waals surface area contributed by atoms with Gasteiger partial charge >= 0.3 is 0 Å². The first-order valence-electron chi connectivity index (χ1n) is 4.90. The maximum atomic E-state index is 11.3. The molecule has 0 heterocycles. The van der Waals surface area contributed by atoms with Crippen LogP contribution in [-0.4, -0.2) is 17.5 Å². The van der Waals surface area contributed by atoms with E-state index in [0.29, 0.717) is 6.42 Å².